The highest BCUT2D eigenvalue weighted by Crippen LogP contribution is 2.22. The lowest BCUT2D eigenvalue weighted by Gasteiger charge is -2.28. The van der Waals surface area contributed by atoms with Gasteiger partial charge in [0.25, 0.3) is 0 Å². The highest BCUT2D eigenvalue weighted by Gasteiger charge is 2.25. The van der Waals surface area contributed by atoms with Gasteiger partial charge in [-0.15, -0.1) is 0 Å². The largest absolute Gasteiger partial charge is 0.378 e. The summed E-state index contributed by atoms with van der Waals surface area (Å²) < 4.78 is 5.31. The second-order valence-corrected chi connectivity index (χ2v) is 6.05. The van der Waals surface area contributed by atoms with E-state index in [2.05, 4.69) is 55.7 Å². The van der Waals surface area contributed by atoms with Crippen molar-refractivity contribution in [3.63, 3.8) is 0 Å². The van der Waals surface area contributed by atoms with Crippen molar-refractivity contribution >= 4 is 5.91 Å². The molecule has 0 aliphatic carbocycles. The molecule has 4 heteroatoms. The van der Waals surface area contributed by atoms with Gasteiger partial charge in [0.05, 0.1) is 13.2 Å². The highest BCUT2D eigenvalue weighted by atomic mass is 16.5. The molecule has 1 saturated heterocycles. The average Bonchev–Trinajstić information content (AvgIpc) is 2.46. The summed E-state index contributed by atoms with van der Waals surface area (Å²) in [5.74, 6) is 0.0184. The van der Waals surface area contributed by atoms with E-state index in [1.807, 2.05) is 0 Å². The Hall–Kier alpha value is -1.39. The van der Waals surface area contributed by atoms with E-state index in [0.717, 1.165) is 6.54 Å². The van der Waals surface area contributed by atoms with E-state index in [1.165, 1.54) is 11.1 Å². The van der Waals surface area contributed by atoms with Gasteiger partial charge in [0.1, 0.15) is 6.04 Å². The van der Waals surface area contributed by atoms with Crippen LogP contribution in [0.4, 0.5) is 0 Å². The van der Waals surface area contributed by atoms with Crippen LogP contribution in [0, 0.1) is 6.92 Å². The zero-order valence-corrected chi connectivity index (χ0v) is 12.5. The zero-order valence-electron chi connectivity index (χ0n) is 12.5. The molecule has 2 rings (SSSR count). The van der Waals surface area contributed by atoms with E-state index in [1.54, 1.807) is 0 Å². The number of benzene rings is 1. The first-order valence-corrected chi connectivity index (χ1v) is 7.15. The lowest BCUT2D eigenvalue weighted by atomic mass is 9.84. The molecule has 1 heterocycles. The summed E-state index contributed by atoms with van der Waals surface area (Å²) in [6, 6.07) is 8.25. The van der Waals surface area contributed by atoms with Crippen LogP contribution in [0.5, 0.6) is 0 Å². The molecule has 1 aliphatic heterocycles. The Bertz CT molecular complexity index is 448. The van der Waals surface area contributed by atoms with E-state index in [4.69, 9.17) is 4.74 Å². The lowest BCUT2D eigenvalue weighted by Crippen LogP contribution is -2.52. The molecule has 1 aromatic rings. The van der Waals surface area contributed by atoms with Gasteiger partial charge in [-0.3, -0.25) is 4.79 Å². The summed E-state index contributed by atoms with van der Waals surface area (Å²) in [5, 5.41) is 6.19. The van der Waals surface area contributed by atoms with Crippen LogP contribution in [0.1, 0.15) is 25.0 Å². The number of ether oxygens (including phenoxy) is 1. The first-order valence-electron chi connectivity index (χ1n) is 7.15. The molecule has 1 aliphatic rings. The lowest BCUT2D eigenvalue weighted by molar-refractivity contribution is -0.126. The van der Waals surface area contributed by atoms with Gasteiger partial charge in [-0.05, 0) is 12.5 Å². The van der Waals surface area contributed by atoms with Gasteiger partial charge in [0, 0.05) is 18.5 Å². The Morgan fingerprint density at radius 2 is 2.10 bits per heavy atom. The van der Waals surface area contributed by atoms with Gasteiger partial charge in [0.2, 0.25) is 5.91 Å². The van der Waals surface area contributed by atoms with Crippen LogP contribution in [0.15, 0.2) is 24.3 Å². The van der Waals surface area contributed by atoms with Crippen molar-refractivity contribution in [2.75, 3.05) is 26.3 Å². The summed E-state index contributed by atoms with van der Waals surface area (Å²) in [4.78, 5) is 12.1. The number of carbonyl (C=O) groups excluding carboxylic acids is 1. The van der Waals surface area contributed by atoms with Crippen molar-refractivity contribution in [3.05, 3.63) is 35.4 Å². The maximum atomic E-state index is 12.1. The number of morpholine rings is 1. The van der Waals surface area contributed by atoms with Crippen LogP contribution in [-0.2, 0) is 14.9 Å². The van der Waals surface area contributed by atoms with Crippen LogP contribution >= 0.6 is 0 Å². The summed E-state index contributed by atoms with van der Waals surface area (Å²) in [7, 11) is 0. The summed E-state index contributed by atoms with van der Waals surface area (Å²) in [5.41, 5.74) is 2.40. The Labute approximate surface area is 120 Å². The summed E-state index contributed by atoms with van der Waals surface area (Å²) >= 11 is 0. The minimum absolute atomic E-state index is 0.0184. The fraction of sp³-hybridized carbons (Fsp3) is 0.562. The van der Waals surface area contributed by atoms with Crippen LogP contribution in [-0.4, -0.2) is 38.3 Å². The third-order valence-electron chi connectivity index (χ3n) is 3.78. The quantitative estimate of drug-likeness (QED) is 0.873. The smallest absolute Gasteiger partial charge is 0.239 e. The first kappa shape index (κ1) is 15.0. The Balaban J connectivity index is 1.91. The summed E-state index contributed by atoms with van der Waals surface area (Å²) in [6.45, 7) is 8.85. The molecular formula is C16H24N2O2. The van der Waals surface area contributed by atoms with Crippen LogP contribution in [0.2, 0.25) is 0 Å². The summed E-state index contributed by atoms with van der Waals surface area (Å²) in [6.07, 6.45) is 0. The zero-order chi connectivity index (χ0) is 14.6. The third kappa shape index (κ3) is 3.81. The molecule has 0 radical (unpaired) electrons. The maximum absolute atomic E-state index is 12.1. The normalized spacial score (nSPS) is 19.6. The van der Waals surface area contributed by atoms with Gasteiger partial charge >= 0.3 is 0 Å². The Morgan fingerprint density at radius 1 is 1.40 bits per heavy atom. The molecular weight excluding hydrogens is 252 g/mol. The fourth-order valence-corrected chi connectivity index (χ4v) is 2.27. The van der Waals surface area contributed by atoms with E-state index in [9.17, 15) is 4.79 Å². The van der Waals surface area contributed by atoms with Crippen molar-refractivity contribution in [3.8, 4) is 0 Å². The average molecular weight is 276 g/mol. The van der Waals surface area contributed by atoms with Crippen molar-refractivity contribution in [1.82, 2.24) is 10.6 Å². The molecule has 1 atom stereocenters. The topological polar surface area (TPSA) is 50.4 Å². The van der Waals surface area contributed by atoms with Crippen molar-refractivity contribution in [1.29, 1.82) is 0 Å². The Kier molecular flexibility index (Phi) is 4.78. The number of carbonyl (C=O) groups is 1. The molecule has 0 aromatic heterocycles. The van der Waals surface area contributed by atoms with Crippen LogP contribution < -0.4 is 10.6 Å². The number of aryl methyl sites for hydroxylation is 1. The molecule has 110 valence electrons. The number of amides is 1. The van der Waals surface area contributed by atoms with E-state index >= 15 is 0 Å². The third-order valence-corrected chi connectivity index (χ3v) is 3.78. The first-order chi connectivity index (χ1) is 9.49. The molecule has 4 nitrogen and oxygen atoms in total. The number of nitrogens with one attached hydrogen (secondary N) is 2. The van der Waals surface area contributed by atoms with E-state index in [0.29, 0.717) is 19.8 Å². The predicted molar refractivity (Wildman–Crippen MR) is 79.8 cm³/mol. The predicted octanol–water partition coefficient (Wildman–Crippen LogP) is 1.38. The van der Waals surface area contributed by atoms with Gasteiger partial charge < -0.3 is 15.4 Å². The molecule has 1 unspecified atom stereocenters. The van der Waals surface area contributed by atoms with Crippen LogP contribution in [0.3, 0.4) is 0 Å². The molecule has 0 saturated carbocycles. The second kappa shape index (κ2) is 6.37. The molecule has 2 N–H and O–H groups in total. The van der Waals surface area contributed by atoms with Gasteiger partial charge in [-0.2, -0.15) is 0 Å². The minimum Gasteiger partial charge on any atom is -0.378 e. The standard InChI is InChI=1S/C16H24N2O2/c1-12-4-6-13(7-5-12)16(2,3)11-18-15(19)14-10-20-9-8-17-14/h4-7,14,17H,8-11H2,1-3H3,(H,18,19). The fourth-order valence-electron chi connectivity index (χ4n) is 2.27. The maximum Gasteiger partial charge on any atom is 0.239 e. The van der Waals surface area contributed by atoms with Crippen molar-refractivity contribution < 1.29 is 9.53 Å². The SMILES string of the molecule is Cc1ccc(C(C)(C)CNC(=O)C2COCCN2)cc1. The van der Waals surface area contributed by atoms with Crippen LogP contribution in [0.25, 0.3) is 0 Å². The van der Waals surface area contributed by atoms with Crippen molar-refractivity contribution in [2.45, 2.75) is 32.2 Å². The van der Waals surface area contributed by atoms with Gasteiger partial charge in [-0.25, -0.2) is 0 Å². The van der Waals surface area contributed by atoms with E-state index in [-0.39, 0.29) is 17.4 Å². The monoisotopic (exact) mass is 276 g/mol. The number of hydrogen-bond acceptors (Lipinski definition) is 3. The number of hydrogen-bond donors (Lipinski definition) is 2. The molecule has 1 amide bonds. The second-order valence-electron chi connectivity index (χ2n) is 6.05. The van der Waals surface area contributed by atoms with Gasteiger partial charge in [0.15, 0.2) is 0 Å². The van der Waals surface area contributed by atoms with Crippen molar-refractivity contribution in [2.24, 2.45) is 0 Å². The molecule has 0 spiro atoms. The highest BCUT2D eigenvalue weighted by molar-refractivity contribution is 5.82. The van der Waals surface area contributed by atoms with E-state index < -0.39 is 0 Å². The minimum atomic E-state index is -0.224. The molecule has 1 aromatic carbocycles. The number of rotatable bonds is 4. The molecule has 0 bridgehead atoms. The van der Waals surface area contributed by atoms with Gasteiger partial charge in [-0.1, -0.05) is 43.7 Å². The molecule has 20 heavy (non-hydrogen) atoms. The molecule has 1 fully saturated rings. The Morgan fingerprint density at radius 3 is 2.70 bits per heavy atom.